The van der Waals surface area contributed by atoms with Crippen molar-refractivity contribution in [2.75, 3.05) is 27.2 Å². The molecule has 0 aromatic carbocycles. The molecule has 0 fully saturated rings. The summed E-state index contributed by atoms with van der Waals surface area (Å²) in [4.78, 5) is 2.28. The van der Waals surface area contributed by atoms with Crippen molar-refractivity contribution in [1.29, 1.82) is 0 Å². The van der Waals surface area contributed by atoms with Crippen LogP contribution in [0, 0.1) is 0 Å². The van der Waals surface area contributed by atoms with Gasteiger partial charge in [-0.2, -0.15) is 0 Å². The van der Waals surface area contributed by atoms with Crippen LogP contribution in [0.25, 0.3) is 0 Å². The molecule has 0 amide bonds. The van der Waals surface area contributed by atoms with Gasteiger partial charge in [-0.15, -0.1) is 0 Å². The summed E-state index contributed by atoms with van der Waals surface area (Å²) in [5.41, 5.74) is 5.52. The van der Waals surface area contributed by atoms with Crippen LogP contribution in [0.1, 0.15) is 20.3 Å². The summed E-state index contributed by atoms with van der Waals surface area (Å²) in [6.07, 6.45) is 1.33. The number of hydrogen-bond acceptors (Lipinski definition) is 3. The van der Waals surface area contributed by atoms with E-state index >= 15 is 0 Å². The third-order valence-corrected chi connectivity index (χ3v) is 2.43. The number of ether oxygens (including phenoxy) is 1. The van der Waals surface area contributed by atoms with Crippen LogP contribution >= 0.6 is 0 Å². The Morgan fingerprint density at radius 2 is 2.08 bits per heavy atom. The molecule has 2 N–H and O–H groups in total. The van der Waals surface area contributed by atoms with E-state index in [1.165, 1.54) is 0 Å². The van der Waals surface area contributed by atoms with Crippen LogP contribution < -0.4 is 5.73 Å². The predicted octanol–water partition coefficient (Wildman–Crippen LogP) is 0.690. The molecule has 0 aromatic rings. The standard InChI is InChI=1S/C9H22N2O/c1-5-8(2)11(3)7-9(6-10)12-4/h8-9H,5-7,10H2,1-4H3. The second-order valence-corrected chi connectivity index (χ2v) is 3.29. The van der Waals surface area contributed by atoms with E-state index in [2.05, 4.69) is 25.8 Å². The molecule has 3 heteroatoms. The summed E-state index contributed by atoms with van der Waals surface area (Å²) in [6, 6.07) is 0.606. The topological polar surface area (TPSA) is 38.5 Å². The average Bonchev–Trinajstić information content (AvgIpc) is 2.12. The Balaban J connectivity index is 3.72. The van der Waals surface area contributed by atoms with Gasteiger partial charge in [0.15, 0.2) is 0 Å². The van der Waals surface area contributed by atoms with Gasteiger partial charge in [0, 0.05) is 26.2 Å². The molecule has 0 saturated carbocycles. The van der Waals surface area contributed by atoms with Crippen LogP contribution in [0.2, 0.25) is 0 Å². The molecule has 0 spiro atoms. The van der Waals surface area contributed by atoms with Crippen molar-refractivity contribution in [3.05, 3.63) is 0 Å². The zero-order valence-corrected chi connectivity index (χ0v) is 8.71. The molecule has 0 aliphatic rings. The Bertz CT molecular complexity index is 105. The van der Waals surface area contributed by atoms with E-state index in [4.69, 9.17) is 10.5 Å². The first-order chi connectivity index (χ1) is 5.65. The lowest BCUT2D eigenvalue weighted by Crippen LogP contribution is -2.39. The zero-order valence-electron chi connectivity index (χ0n) is 8.71. The SMILES string of the molecule is CCC(C)N(C)CC(CN)OC. The summed E-state index contributed by atoms with van der Waals surface area (Å²) >= 11 is 0. The fraction of sp³-hybridized carbons (Fsp3) is 1.00. The highest BCUT2D eigenvalue weighted by molar-refractivity contribution is 4.67. The number of nitrogens with two attached hydrogens (primary N) is 1. The van der Waals surface area contributed by atoms with Crippen molar-refractivity contribution in [2.24, 2.45) is 5.73 Å². The molecular formula is C9H22N2O. The summed E-state index contributed by atoms with van der Waals surface area (Å²) in [7, 11) is 3.82. The molecule has 0 aliphatic carbocycles. The Labute approximate surface area is 75.9 Å². The van der Waals surface area contributed by atoms with Crippen LogP contribution in [0.4, 0.5) is 0 Å². The van der Waals surface area contributed by atoms with Crippen molar-refractivity contribution >= 4 is 0 Å². The van der Waals surface area contributed by atoms with Crippen molar-refractivity contribution in [1.82, 2.24) is 4.90 Å². The maximum atomic E-state index is 5.52. The highest BCUT2D eigenvalue weighted by Gasteiger charge is 2.12. The van der Waals surface area contributed by atoms with Gasteiger partial charge in [0.25, 0.3) is 0 Å². The molecule has 0 heterocycles. The molecule has 2 atom stereocenters. The molecule has 2 unspecified atom stereocenters. The molecule has 0 radical (unpaired) electrons. The summed E-state index contributed by atoms with van der Waals surface area (Å²) in [5, 5.41) is 0. The fourth-order valence-electron chi connectivity index (χ4n) is 1.06. The van der Waals surface area contributed by atoms with E-state index < -0.39 is 0 Å². The smallest absolute Gasteiger partial charge is 0.0820 e. The summed E-state index contributed by atoms with van der Waals surface area (Å²) in [5.74, 6) is 0. The monoisotopic (exact) mass is 174 g/mol. The molecule has 0 rings (SSSR count). The van der Waals surface area contributed by atoms with E-state index in [1.807, 2.05) is 0 Å². The van der Waals surface area contributed by atoms with Gasteiger partial charge in [0.1, 0.15) is 0 Å². The van der Waals surface area contributed by atoms with Gasteiger partial charge in [-0.25, -0.2) is 0 Å². The number of hydrogen-bond donors (Lipinski definition) is 1. The average molecular weight is 174 g/mol. The zero-order chi connectivity index (χ0) is 9.56. The number of likely N-dealkylation sites (N-methyl/N-ethyl adjacent to an activating group) is 1. The third kappa shape index (κ3) is 4.04. The van der Waals surface area contributed by atoms with Crippen molar-refractivity contribution in [3.63, 3.8) is 0 Å². The van der Waals surface area contributed by atoms with E-state index in [-0.39, 0.29) is 6.10 Å². The van der Waals surface area contributed by atoms with Crippen LogP contribution in [0.5, 0.6) is 0 Å². The molecular weight excluding hydrogens is 152 g/mol. The maximum Gasteiger partial charge on any atom is 0.0820 e. The van der Waals surface area contributed by atoms with Crippen molar-refractivity contribution < 1.29 is 4.74 Å². The van der Waals surface area contributed by atoms with Crippen molar-refractivity contribution in [3.8, 4) is 0 Å². The van der Waals surface area contributed by atoms with Gasteiger partial charge in [0.2, 0.25) is 0 Å². The molecule has 3 nitrogen and oxygen atoms in total. The quantitative estimate of drug-likeness (QED) is 0.644. The summed E-state index contributed by atoms with van der Waals surface area (Å²) < 4.78 is 5.20. The number of methoxy groups -OCH3 is 1. The molecule has 12 heavy (non-hydrogen) atoms. The van der Waals surface area contributed by atoms with Crippen LogP contribution in [0.3, 0.4) is 0 Å². The maximum absolute atomic E-state index is 5.52. The van der Waals surface area contributed by atoms with E-state index in [9.17, 15) is 0 Å². The minimum atomic E-state index is 0.170. The van der Waals surface area contributed by atoms with Crippen LogP contribution in [-0.4, -0.2) is 44.3 Å². The Kier molecular flexibility index (Phi) is 6.34. The van der Waals surface area contributed by atoms with Gasteiger partial charge in [-0.3, -0.25) is 0 Å². The highest BCUT2D eigenvalue weighted by atomic mass is 16.5. The van der Waals surface area contributed by atoms with Crippen LogP contribution in [-0.2, 0) is 4.74 Å². The highest BCUT2D eigenvalue weighted by Crippen LogP contribution is 2.01. The second-order valence-electron chi connectivity index (χ2n) is 3.29. The predicted molar refractivity (Wildman–Crippen MR) is 52.2 cm³/mol. The van der Waals surface area contributed by atoms with Gasteiger partial charge in [0.05, 0.1) is 6.10 Å². The Morgan fingerprint density at radius 3 is 2.42 bits per heavy atom. The van der Waals surface area contributed by atoms with Gasteiger partial charge in [-0.1, -0.05) is 6.92 Å². The Morgan fingerprint density at radius 1 is 1.50 bits per heavy atom. The first-order valence-electron chi connectivity index (χ1n) is 4.58. The molecule has 0 aliphatic heterocycles. The molecule has 74 valence electrons. The summed E-state index contributed by atoms with van der Waals surface area (Å²) in [6.45, 7) is 5.91. The lowest BCUT2D eigenvalue weighted by Gasteiger charge is -2.26. The number of nitrogens with zero attached hydrogens (tertiary/aromatic N) is 1. The normalized spacial score (nSPS) is 16.5. The first-order valence-corrected chi connectivity index (χ1v) is 4.58. The van der Waals surface area contributed by atoms with E-state index in [0.29, 0.717) is 12.6 Å². The van der Waals surface area contributed by atoms with E-state index in [1.54, 1.807) is 7.11 Å². The number of rotatable bonds is 6. The lowest BCUT2D eigenvalue weighted by molar-refractivity contribution is 0.0666. The molecule has 0 aromatic heterocycles. The lowest BCUT2D eigenvalue weighted by atomic mass is 10.2. The second kappa shape index (κ2) is 6.40. The largest absolute Gasteiger partial charge is 0.379 e. The van der Waals surface area contributed by atoms with Gasteiger partial charge in [-0.05, 0) is 20.4 Å². The van der Waals surface area contributed by atoms with Crippen molar-refractivity contribution in [2.45, 2.75) is 32.4 Å². The van der Waals surface area contributed by atoms with Gasteiger partial charge >= 0.3 is 0 Å². The minimum Gasteiger partial charge on any atom is -0.379 e. The Hall–Kier alpha value is -0.120. The first kappa shape index (κ1) is 11.9. The van der Waals surface area contributed by atoms with Gasteiger partial charge < -0.3 is 15.4 Å². The molecule has 0 bridgehead atoms. The van der Waals surface area contributed by atoms with E-state index in [0.717, 1.165) is 13.0 Å². The van der Waals surface area contributed by atoms with Crippen LogP contribution in [0.15, 0.2) is 0 Å². The minimum absolute atomic E-state index is 0.170. The fourth-order valence-corrected chi connectivity index (χ4v) is 1.06. The third-order valence-electron chi connectivity index (χ3n) is 2.43. The molecule has 0 saturated heterocycles.